The lowest BCUT2D eigenvalue weighted by Crippen LogP contribution is -2.47. The molecule has 0 bridgehead atoms. The van der Waals surface area contributed by atoms with Gasteiger partial charge in [0.1, 0.15) is 5.82 Å². The summed E-state index contributed by atoms with van der Waals surface area (Å²) in [4.78, 5) is 41.9. The molecule has 0 spiro atoms. The van der Waals surface area contributed by atoms with Gasteiger partial charge >= 0.3 is 5.97 Å². The summed E-state index contributed by atoms with van der Waals surface area (Å²) in [6, 6.07) is 9.65. The second-order valence-electron chi connectivity index (χ2n) is 8.65. The number of likely N-dealkylation sites (N-methyl/N-ethyl adjacent to an activating group) is 1. The molecule has 0 saturated carbocycles. The Hall–Kier alpha value is -4.02. The highest BCUT2D eigenvalue weighted by atomic mass is 35.5. The highest BCUT2D eigenvalue weighted by Gasteiger charge is 2.22. The molecule has 2 aromatic heterocycles. The van der Waals surface area contributed by atoms with Crippen LogP contribution in [0.5, 0.6) is 0 Å². The Morgan fingerprint density at radius 3 is 2.41 bits per heavy atom. The van der Waals surface area contributed by atoms with Gasteiger partial charge in [0.25, 0.3) is 0 Å². The van der Waals surface area contributed by atoms with Crippen molar-refractivity contribution in [2.45, 2.75) is 6.54 Å². The van der Waals surface area contributed by atoms with Gasteiger partial charge in [-0.1, -0.05) is 29.8 Å². The third-order valence-corrected chi connectivity index (χ3v) is 6.32. The molecule has 1 aliphatic heterocycles. The maximum Gasteiger partial charge on any atom is 0.328 e. The molecule has 1 saturated heterocycles. The van der Waals surface area contributed by atoms with Crippen LogP contribution in [0.2, 0.25) is 5.02 Å². The number of nitrogens with two attached hydrogens (primary N) is 1. The molecule has 4 rings (SSSR count). The second kappa shape index (κ2) is 11.8. The molecule has 192 valence electrons. The molecule has 11 heteroatoms. The summed E-state index contributed by atoms with van der Waals surface area (Å²) < 4.78 is 0. The number of hydrogen-bond donors (Lipinski definition) is 2. The predicted molar refractivity (Wildman–Crippen MR) is 143 cm³/mol. The van der Waals surface area contributed by atoms with Crippen molar-refractivity contribution in [3.63, 3.8) is 0 Å². The summed E-state index contributed by atoms with van der Waals surface area (Å²) in [6.45, 7) is 3.26. The topological polar surface area (TPSA) is 129 Å². The van der Waals surface area contributed by atoms with E-state index in [1.54, 1.807) is 24.2 Å². The van der Waals surface area contributed by atoms with Crippen LogP contribution in [0.1, 0.15) is 11.1 Å². The molecule has 37 heavy (non-hydrogen) atoms. The molecule has 3 aromatic rings. The van der Waals surface area contributed by atoms with Gasteiger partial charge in [-0.3, -0.25) is 4.79 Å². The number of anilines is 2. The van der Waals surface area contributed by atoms with Crippen LogP contribution in [0.25, 0.3) is 17.2 Å². The van der Waals surface area contributed by atoms with Crippen LogP contribution in [-0.2, 0) is 16.1 Å². The Bertz CT molecular complexity index is 1290. The van der Waals surface area contributed by atoms with E-state index in [1.165, 1.54) is 6.08 Å². The van der Waals surface area contributed by atoms with Gasteiger partial charge in [-0.15, -0.1) is 0 Å². The maximum atomic E-state index is 11.8. The minimum absolute atomic E-state index is 0.0121. The first-order valence-corrected chi connectivity index (χ1v) is 12.1. The van der Waals surface area contributed by atoms with E-state index >= 15 is 0 Å². The predicted octanol–water partition coefficient (Wildman–Crippen LogP) is 2.53. The van der Waals surface area contributed by atoms with Crippen molar-refractivity contribution >= 4 is 41.3 Å². The summed E-state index contributed by atoms with van der Waals surface area (Å²) in [5.41, 5.74) is 8.95. The molecule has 0 aliphatic carbocycles. The highest BCUT2D eigenvalue weighted by Crippen LogP contribution is 2.27. The number of hydrogen-bond acceptors (Lipinski definition) is 8. The first-order valence-electron chi connectivity index (χ1n) is 11.8. The molecule has 3 N–H and O–H groups in total. The Balaban J connectivity index is 1.37. The van der Waals surface area contributed by atoms with Crippen molar-refractivity contribution in [3.8, 4) is 11.1 Å². The third-order valence-electron chi connectivity index (χ3n) is 6.04. The molecule has 0 atom stereocenters. The van der Waals surface area contributed by atoms with Gasteiger partial charge in [0.2, 0.25) is 11.9 Å². The Morgan fingerprint density at radius 1 is 1.05 bits per heavy atom. The van der Waals surface area contributed by atoms with Crippen molar-refractivity contribution in [2.75, 3.05) is 49.6 Å². The smallest absolute Gasteiger partial charge is 0.328 e. The van der Waals surface area contributed by atoms with E-state index in [9.17, 15) is 9.59 Å². The Labute approximate surface area is 220 Å². The number of pyridine rings is 1. The van der Waals surface area contributed by atoms with Crippen LogP contribution in [-0.4, -0.2) is 76.6 Å². The van der Waals surface area contributed by atoms with E-state index in [2.05, 4.69) is 24.8 Å². The zero-order chi connectivity index (χ0) is 26.4. The van der Waals surface area contributed by atoms with E-state index in [4.69, 9.17) is 22.4 Å². The SMILES string of the molecule is CN(Cc1cccc(-c2cnc(N3CCN(c4ncc(/C=C/C(=O)O)cc4Cl)CC3)nc2)c1)C(=O)CN. The summed E-state index contributed by atoms with van der Waals surface area (Å²) in [5, 5.41) is 9.25. The van der Waals surface area contributed by atoms with Gasteiger partial charge in [-0.2, -0.15) is 0 Å². The van der Waals surface area contributed by atoms with Gasteiger partial charge in [-0.25, -0.2) is 19.7 Å². The van der Waals surface area contributed by atoms with Crippen LogP contribution in [0, 0.1) is 0 Å². The Morgan fingerprint density at radius 2 is 1.76 bits per heavy atom. The van der Waals surface area contributed by atoms with Gasteiger partial charge in [-0.05, 0) is 34.9 Å². The molecule has 0 radical (unpaired) electrons. The van der Waals surface area contributed by atoms with Gasteiger partial charge in [0.15, 0.2) is 0 Å². The lowest BCUT2D eigenvalue weighted by atomic mass is 10.1. The number of nitrogens with zero attached hydrogens (tertiary/aromatic N) is 6. The fraction of sp³-hybridized carbons (Fsp3) is 0.269. The molecule has 0 unspecified atom stereocenters. The van der Waals surface area contributed by atoms with Crippen LogP contribution in [0.15, 0.2) is 55.0 Å². The van der Waals surface area contributed by atoms with Crippen LogP contribution < -0.4 is 15.5 Å². The zero-order valence-electron chi connectivity index (χ0n) is 20.4. The standard InChI is InChI=1S/C26H28ClN7O3/c1-32(23(35)13-28)17-19-3-2-4-20(11-19)21-15-30-26(31-16-21)34-9-7-33(8-10-34)25-22(27)12-18(14-29-25)5-6-24(36)37/h2-6,11-12,14-16H,7-10,13,17,28H2,1H3,(H,36,37)/b6-5+. The summed E-state index contributed by atoms with van der Waals surface area (Å²) in [7, 11) is 1.73. The number of carboxylic acids is 1. The number of carbonyl (C=O) groups excluding carboxylic acids is 1. The lowest BCUT2D eigenvalue weighted by molar-refractivity contribution is -0.131. The highest BCUT2D eigenvalue weighted by molar-refractivity contribution is 6.33. The van der Waals surface area contributed by atoms with E-state index in [-0.39, 0.29) is 12.5 Å². The summed E-state index contributed by atoms with van der Waals surface area (Å²) in [6.07, 6.45) is 7.74. The Kier molecular flexibility index (Phi) is 8.32. The van der Waals surface area contributed by atoms with Crippen molar-refractivity contribution in [3.05, 3.63) is 71.1 Å². The summed E-state index contributed by atoms with van der Waals surface area (Å²) in [5.74, 6) is 0.190. The van der Waals surface area contributed by atoms with E-state index < -0.39 is 5.97 Å². The van der Waals surface area contributed by atoms with Gasteiger partial charge in [0.05, 0.1) is 11.6 Å². The quantitative estimate of drug-likeness (QED) is 0.429. The number of benzene rings is 1. The first kappa shape index (κ1) is 26.1. The fourth-order valence-corrected chi connectivity index (χ4v) is 4.35. The molecular formula is C26H28ClN7O3. The van der Waals surface area contributed by atoms with Crippen LogP contribution in [0.3, 0.4) is 0 Å². The largest absolute Gasteiger partial charge is 0.478 e. The van der Waals surface area contributed by atoms with Crippen molar-refractivity contribution in [1.82, 2.24) is 19.9 Å². The minimum atomic E-state index is -1.02. The molecule has 1 aliphatic rings. The van der Waals surface area contributed by atoms with Gasteiger partial charge in [0, 0.05) is 70.0 Å². The lowest BCUT2D eigenvalue weighted by Gasteiger charge is -2.35. The number of piperazine rings is 1. The van der Waals surface area contributed by atoms with Crippen molar-refractivity contribution in [1.29, 1.82) is 0 Å². The van der Waals surface area contributed by atoms with E-state index in [0.717, 1.165) is 22.8 Å². The molecular weight excluding hydrogens is 494 g/mol. The molecule has 3 heterocycles. The normalized spacial score (nSPS) is 13.7. The van der Waals surface area contributed by atoms with Crippen molar-refractivity contribution < 1.29 is 14.7 Å². The minimum Gasteiger partial charge on any atom is -0.478 e. The van der Waals surface area contributed by atoms with Gasteiger partial charge < -0.3 is 25.5 Å². The number of halogens is 1. The average Bonchev–Trinajstić information content (AvgIpc) is 2.92. The molecule has 1 amide bonds. The zero-order valence-corrected chi connectivity index (χ0v) is 21.2. The third kappa shape index (κ3) is 6.60. The number of rotatable bonds is 8. The van der Waals surface area contributed by atoms with Crippen LogP contribution >= 0.6 is 11.6 Å². The molecule has 10 nitrogen and oxygen atoms in total. The fourth-order valence-electron chi connectivity index (χ4n) is 4.06. The first-order chi connectivity index (χ1) is 17.8. The number of aliphatic carboxylic acids is 1. The number of aromatic nitrogens is 3. The van der Waals surface area contributed by atoms with Crippen LogP contribution in [0.4, 0.5) is 11.8 Å². The molecule has 1 aromatic carbocycles. The monoisotopic (exact) mass is 521 g/mol. The average molecular weight is 522 g/mol. The molecule has 1 fully saturated rings. The maximum absolute atomic E-state index is 11.8. The second-order valence-corrected chi connectivity index (χ2v) is 9.05. The number of carbonyl (C=O) groups is 2. The van der Waals surface area contributed by atoms with E-state index in [1.807, 2.05) is 36.7 Å². The number of amides is 1. The number of carboxylic acid groups (broad SMARTS) is 1. The summed E-state index contributed by atoms with van der Waals surface area (Å²) >= 11 is 6.42. The van der Waals surface area contributed by atoms with E-state index in [0.29, 0.717) is 55.1 Å². The van der Waals surface area contributed by atoms with Crippen molar-refractivity contribution in [2.24, 2.45) is 5.73 Å².